The molecular formula is C14H16ClN3O3. The van der Waals surface area contributed by atoms with Gasteiger partial charge in [-0.3, -0.25) is 0 Å². The van der Waals surface area contributed by atoms with E-state index in [0.29, 0.717) is 40.8 Å². The number of benzene rings is 1. The van der Waals surface area contributed by atoms with Crippen molar-refractivity contribution in [3.63, 3.8) is 0 Å². The number of aromatic nitrogens is 2. The van der Waals surface area contributed by atoms with Crippen LogP contribution in [0.3, 0.4) is 0 Å². The number of nitrogens with one attached hydrogen (secondary N) is 1. The average Bonchev–Trinajstić information content (AvgIpc) is 3.20. The van der Waals surface area contributed by atoms with Gasteiger partial charge in [0.15, 0.2) is 11.5 Å². The third kappa shape index (κ3) is 3.11. The molecule has 0 unspecified atom stereocenters. The molecule has 0 atom stereocenters. The van der Waals surface area contributed by atoms with Crippen molar-refractivity contribution in [2.75, 3.05) is 14.2 Å². The van der Waals surface area contributed by atoms with Gasteiger partial charge in [-0.25, -0.2) is 0 Å². The summed E-state index contributed by atoms with van der Waals surface area (Å²) in [5.41, 5.74) is 0.721. The first-order valence-electron chi connectivity index (χ1n) is 6.69. The highest BCUT2D eigenvalue weighted by Gasteiger charge is 2.21. The number of rotatable bonds is 6. The Kier molecular flexibility index (Phi) is 3.98. The first-order valence-corrected chi connectivity index (χ1v) is 7.07. The molecule has 112 valence electrons. The van der Waals surface area contributed by atoms with Gasteiger partial charge < -0.3 is 19.3 Å². The monoisotopic (exact) mass is 309 g/mol. The fourth-order valence-corrected chi connectivity index (χ4v) is 2.30. The first kappa shape index (κ1) is 14.2. The smallest absolute Gasteiger partial charge is 0.240 e. The summed E-state index contributed by atoms with van der Waals surface area (Å²) in [4.78, 5) is 4.36. The van der Waals surface area contributed by atoms with Crippen molar-refractivity contribution in [2.45, 2.75) is 25.4 Å². The molecular weight excluding hydrogens is 294 g/mol. The minimum Gasteiger partial charge on any atom is -0.493 e. The van der Waals surface area contributed by atoms with Crippen LogP contribution in [0.25, 0.3) is 11.4 Å². The van der Waals surface area contributed by atoms with E-state index in [4.69, 9.17) is 25.6 Å². The van der Waals surface area contributed by atoms with Crippen molar-refractivity contribution in [1.29, 1.82) is 0 Å². The molecule has 0 spiro atoms. The molecule has 1 aromatic carbocycles. The maximum absolute atomic E-state index is 6.18. The van der Waals surface area contributed by atoms with E-state index in [1.807, 2.05) is 0 Å². The van der Waals surface area contributed by atoms with Crippen LogP contribution in [0.5, 0.6) is 11.5 Å². The predicted molar refractivity (Wildman–Crippen MR) is 77.7 cm³/mol. The van der Waals surface area contributed by atoms with Crippen LogP contribution in [0.15, 0.2) is 16.7 Å². The van der Waals surface area contributed by atoms with E-state index in [0.717, 1.165) is 5.56 Å². The summed E-state index contributed by atoms with van der Waals surface area (Å²) in [6, 6.07) is 4.09. The lowest BCUT2D eigenvalue weighted by atomic mass is 10.2. The molecule has 1 fully saturated rings. The molecule has 0 saturated heterocycles. The van der Waals surface area contributed by atoms with E-state index in [9.17, 15) is 0 Å². The second-order valence-electron chi connectivity index (χ2n) is 4.86. The highest BCUT2D eigenvalue weighted by molar-refractivity contribution is 6.32. The number of halogens is 1. The summed E-state index contributed by atoms with van der Waals surface area (Å²) in [6.07, 6.45) is 2.43. The molecule has 1 aliphatic carbocycles. The Balaban J connectivity index is 1.83. The largest absolute Gasteiger partial charge is 0.493 e. The van der Waals surface area contributed by atoms with E-state index < -0.39 is 0 Å². The van der Waals surface area contributed by atoms with Gasteiger partial charge in [-0.2, -0.15) is 4.98 Å². The Morgan fingerprint density at radius 1 is 1.33 bits per heavy atom. The lowest BCUT2D eigenvalue weighted by Gasteiger charge is -2.10. The van der Waals surface area contributed by atoms with Crippen LogP contribution in [0.4, 0.5) is 0 Å². The van der Waals surface area contributed by atoms with Crippen molar-refractivity contribution in [3.8, 4) is 22.9 Å². The van der Waals surface area contributed by atoms with Gasteiger partial charge in [0.25, 0.3) is 0 Å². The van der Waals surface area contributed by atoms with E-state index in [1.165, 1.54) is 12.8 Å². The van der Waals surface area contributed by atoms with Crippen LogP contribution in [0.1, 0.15) is 18.7 Å². The van der Waals surface area contributed by atoms with Crippen molar-refractivity contribution in [2.24, 2.45) is 0 Å². The highest BCUT2D eigenvalue weighted by atomic mass is 35.5. The van der Waals surface area contributed by atoms with Crippen molar-refractivity contribution >= 4 is 11.6 Å². The Morgan fingerprint density at radius 3 is 2.81 bits per heavy atom. The van der Waals surface area contributed by atoms with Crippen LogP contribution in [-0.2, 0) is 6.54 Å². The molecule has 0 aliphatic heterocycles. The fourth-order valence-electron chi connectivity index (χ4n) is 2.01. The Bertz CT molecular complexity index is 640. The highest BCUT2D eigenvalue weighted by Crippen LogP contribution is 2.38. The summed E-state index contributed by atoms with van der Waals surface area (Å²) in [5, 5.41) is 7.74. The van der Waals surface area contributed by atoms with Crippen molar-refractivity contribution < 1.29 is 14.0 Å². The maximum Gasteiger partial charge on any atom is 0.240 e. The SMILES string of the molecule is COc1cc(-c2noc(CNC3CC3)n2)cc(Cl)c1OC. The van der Waals surface area contributed by atoms with Gasteiger partial charge in [0, 0.05) is 11.6 Å². The standard InChI is InChI=1S/C14H16ClN3O3/c1-19-11-6-8(5-10(15)13(11)20-2)14-17-12(21-18-14)7-16-9-3-4-9/h5-6,9,16H,3-4,7H2,1-2H3. The van der Waals surface area contributed by atoms with Gasteiger partial charge in [0.05, 0.1) is 25.8 Å². The first-order chi connectivity index (χ1) is 10.2. The summed E-state index contributed by atoms with van der Waals surface area (Å²) < 4.78 is 15.7. The molecule has 1 aromatic heterocycles. The quantitative estimate of drug-likeness (QED) is 0.884. The third-order valence-electron chi connectivity index (χ3n) is 3.28. The molecule has 1 heterocycles. The molecule has 0 bridgehead atoms. The fraction of sp³-hybridized carbons (Fsp3) is 0.429. The number of hydrogen-bond donors (Lipinski definition) is 1. The van der Waals surface area contributed by atoms with Crippen LogP contribution >= 0.6 is 11.6 Å². The van der Waals surface area contributed by atoms with Crippen LogP contribution in [0.2, 0.25) is 5.02 Å². The topological polar surface area (TPSA) is 69.4 Å². The third-order valence-corrected chi connectivity index (χ3v) is 3.56. The Hall–Kier alpha value is -1.79. The summed E-state index contributed by atoms with van der Waals surface area (Å²) in [7, 11) is 3.10. The number of hydrogen-bond acceptors (Lipinski definition) is 6. The van der Waals surface area contributed by atoms with Crippen molar-refractivity contribution in [3.05, 3.63) is 23.0 Å². The normalized spacial score (nSPS) is 14.2. The zero-order chi connectivity index (χ0) is 14.8. The van der Waals surface area contributed by atoms with Crippen LogP contribution < -0.4 is 14.8 Å². The minimum absolute atomic E-state index is 0.439. The van der Waals surface area contributed by atoms with Crippen molar-refractivity contribution in [1.82, 2.24) is 15.5 Å². The van der Waals surface area contributed by atoms with E-state index in [-0.39, 0.29) is 0 Å². The molecule has 21 heavy (non-hydrogen) atoms. The molecule has 3 rings (SSSR count). The molecule has 1 N–H and O–H groups in total. The zero-order valence-electron chi connectivity index (χ0n) is 11.9. The van der Waals surface area contributed by atoms with Crippen LogP contribution in [-0.4, -0.2) is 30.4 Å². The molecule has 6 nitrogen and oxygen atoms in total. The maximum atomic E-state index is 6.18. The number of nitrogens with zero attached hydrogens (tertiary/aromatic N) is 2. The molecule has 0 amide bonds. The zero-order valence-corrected chi connectivity index (χ0v) is 12.6. The van der Waals surface area contributed by atoms with Gasteiger partial charge in [-0.1, -0.05) is 16.8 Å². The van der Waals surface area contributed by atoms with Gasteiger partial charge in [0.1, 0.15) is 0 Å². The molecule has 0 radical (unpaired) electrons. The molecule has 2 aromatic rings. The van der Waals surface area contributed by atoms with E-state index in [2.05, 4.69) is 15.5 Å². The lowest BCUT2D eigenvalue weighted by Crippen LogP contribution is -2.15. The predicted octanol–water partition coefficient (Wildman–Crippen LogP) is 2.66. The lowest BCUT2D eigenvalue weighted by molar-refractivity contribution is 0.355. The minimum atomic E-state index is 0.439. The second-order valence-corrected chi connectivity index (χ2v) is 5.27. The summed E-state index contributed by atoms with van der Waals surface area (Å²) in [6.45, 7) is 0.582. The number of ether oxygens (including phenoxy) is 2. The summed E-state index contributed by atoms with van der Waals surface area (Å²) in [5.74, 6) is 2.05. The molecule has 7 heteroatoms. The number of methoxy groups -OCH3 is 2. The second kappa shape index (κ2) is 5.91. The molecule has 1 aliphatic rings. The van der Waals surface area contributed by atoms with Crippen LogP contribution in [0, 0.1) is 0 Å². The van der Waals surface area contributed by atoms with E-state index >= 15 is 0 Å². The van der Waals surface area contributed by atoms with Gasteiger partial charge in [-0.15, -0.1) is 0 Å². The molecule has 1 saturated carbocycles. The van der Waals surface area contributed by atoms with Gasteiger partial charge >= 0.3 is 0 Å². The van der Waals surface area contributed by atoms with Gasteiger partial charge in [0.2, 0.25) is 11.7 Å². The average molecular weight is 310 g/mol. The Morgan fingerprint density at radius 2 is 2.14 bits per heavy atom. The summed E-state index contributed by atoms with van der Waals surface area (Å²) >= 11 is 6.18. The van der Waals surface area contributed by atoms with Gasteiger partial charge in [-0.05, 0) is 25.0 Å². The van der Waals surface area contributed by atoms with E-state index in [1.54, 1.807) is 26.4 Å². The Labute approximate surface area is 127 Å².